The molecule has 0 amide bonds. The summed E-state index contributed by atoms with van der Waals surface area (Å²) in [7, 11) is 0. The molecule has 20 heavy (non-hydrogen) atoms. The lowest BCUT2D eigenvalue weighted by molar-refractivity contribution is -0.0327. The van der Waals surface area contributed by atoms with E-state index >= 15 is 0 Å². The second kappa shape index (κ2) is 8.18. The second-order valence-electron chi connectivity index (χ2n) is 4.06. The number of hydrogen-bond donors (Lipinski definition) is 2. The van der Waals surface area contributed by atoms with Gasteiger partial charge in [0, 0.05) is 31.3 Å². The number of aryl methyl sites for hydroxylation is 1. The molecule has 0 spiro atoms. The zero-order valence-corrected chi connectivity index (χ0v) is 12.4. The normalized spacial score (nSPS) is 11.4. The van der Waals surface area contributed by atoms with Gasteiger partial charge < -0.3 is 10.6 Å². The van der Waals surface area contributed by atoms with Crippen molar-refractivity contribution in [2.45, 2.75) is 32.2 Å². The predicted molar refractivity (Wildman–Crippen MR) is 77.2 cm³/mol. The van der Waals surface area contributed by atoms with Gasteiger partial charge in [-0.05, 0) is 18.2 Å². The molecule has 0 aliphatic rings. The Hall–Kier alpha value is -1.18. The summed E-state index contributed by atoms with van der Waals surface area (Å²) in [5.74, 6) is 1.87. The first-order chi connectivity index (χ1) is 9.44. The van der Waals surface area contributed by atoms with E-state index in [1.54, 1.807) is 6.07 Å². The molecule has 4 nitrogen and oxygen atoms in total. The lowest BCUT2D eigenvalue weighted by Gasteiger charge is -2.11. The third-order valence-electron chi connectivity index (χ3n) is 2.32. The van der Waals surface area contributed by atoms with Crippen LogP contribution in [0, 0.1) is 0 Å². The number of aromatic nitrogens is 2. The van der Waals surface area contributed by atoms with Crippen molar-refractivity contribution in [1.29, 1.82) is 0 Å². The Morgan fingerprint density at radius 3 is 2.20 bits per heavy atom. The van der Waals surface area contributed by atoms with E-state index in [4.69, 9.17) is 0 Å². The summed E-state index contributed by atoms with van der Waals surface area (Å²) in [6, 6.07) is 1.72. The Labute approximate surface area is 121 Å². The first-order valence-electron chi connectivity index (χ1n) is 6.51. The quantitative estimate of drug-likeness (QED) is 0.720. The summed E-state index contributed by atoms with van der Waals surface area (Å²) < 4.78 is 36.0. The number of nitrogens with zero attached hydrogens (tertiary/aromatic N) is 2. The molecule has 0 aromatic carbocycles. The molecular formula is C12H19F3N4S. The van der Waals surface area contributed by atoms with Crippen LogP contribution in [0.3, 0.4) is 0 Å². The Morgan fingerprint density at radius 1 is 1.10 bits per heavy atom. The van der Waals surface area contributed by atoms with Crippen LogP contribution >= 0.6 is 11.8 Å². The number of nitrogens with one attached hydrogen (secondary N) is 2. The Morgan fingerprint density at radius 2 is 1.70 bits per heavy atom. The van der Waals surface area contributed by atoms with E-state index in [9.17, 15) is 13.2 Å². The van der Waals surface area contributed by atoms with Crippen LogP contribution in [0.25, 0.3) is 0 Å². The highest BCUT2D eigenvalue weighted by Gasteiger charge is 2.27. The van der Waals surface area contributed by atoms with Crippen LogP contribution in [0.1, 0.15) is 26.1 Å². The van der Waals surface area contributed by atoms with Gasteiger partial charge in [0.15, 0.2) is 0 Å². The highest BCUT2D eigenvalue weighted by atomic mass is 32.2. The summed E-state index contributed by atoms with van der Waals surface area (Å²) >= 11 is -0.0407. The largest absolute Gasteiger partial charge is 0.441 e. The minimum atomic E-state index is -4.18. The second-order valence-corrected chi connectivity index (χ2v) is 5.22. The molecule has 0 aliphatic carbocycles. The highest BCUT2D eigenvalue weighted by molar-refractivity contribution is 8.00. The maximum absolute atomic E-state index is 12.0. The van der Waals surface area contributed by atoms with E-state index in [1.165, 1.54) is 0 Å². The van der Waals surface area contributed by atoms with Crippen LogP contribution in [0.5, 0.6) is 0 Å². The molecule has 0 saturated carbocycles. The number of halogens is 3. The fraction of sp³-hybridized carbons (Fsp3) is 0.667. The summed E-state index contributed by atoms with van der Waals surface area (Å²) in [5.41, 5.74) is -4.18. The van der Waals surface area contributed by atoms with Gasteiger partial charge in [-0.2, -0.15) is 13.2 Å². The van der Waals surface area contributed by atoms with Gasteiger partial charge in [0.05, 0.1) is 0 Å². The first kappa shape index (κ1) is 16.9. The molecular weight excluding hydrogens is 289 g/mol. The minimum Gasteiger partial charge on any atom is -0.370 e. The van der Waals surface area contributed by atoms with Crippen LogP contribution in [-0.2, 0) is 6.42 Å². The molecule has 0 aliphatic heterocycles. The zero-order valence-electron chi connectivity index (χ0n) is 11.5. The van der Waals surface area contributed by atoms with Gasteiger partial charge in [-0.1, -0.05) is 13.8 Å². The number of anilines is 2. The van der Waals surface area contributed by atoms with Crippen molar-refractivity contribution in [3.05, 3.63) is 11.9 Å². The molecule has 0 atom stereocenters. The van der Waals surface area contributed by atoms with Crippen molar-refractivity contribution >= 4 is 23.4 Å². The van der Waals surface area contributed by atoms with E-state index in [0.29, 0.717) is 23.9 Å². The predicted octanol–water partition coefficient (Wildman–Crippen LogP) is 3.53. The Bertz CT molecular complexity index is 412. The van der Waals surface area contributed by atoms with Crippen LogP contribution in [0.2, 0.25) is 0 Å². The lowest BCUT2D eigenvalue weighted by Crippen LogP contribution is -2.12. The van der Waals surface area contributed by atoms with Crippen LogP contribution in [0.15, 0.2) is 6.07 Å². The van der Waals surface area contributed by atoms with Gasteiger partial charge in [-0.25, -0.2) is 9.97 Å². The molecule has 8 heteroatoms. The fourth-order valence-electron chi connectivity index (χ4n) is 1.44. The standard InChI is InChI=1S/C12H19F3N4S/c1-3-5-16-10-8-11(19-9(4-2)18-10)17-6-7-20-12(13,14)15/h8H,3-7H2,1-2H3,(H2,16,17,18,19). The van der Waals surface area contributed by atoms with Crippen LogP contribution in [0.4, 0.5) is 24.8 Å². The molecule has 0 bridgehead atoms. The SMILES string of the molecule is CCCNc1cc(NCCSC(F)(F)F)nc(CC)n1. The molecule has 1 aromatic heterocycles. The molecule has 1 rings (SSSR count). The van der Waals surface area contributed by atoms with Gasteiger partial charge in [0.25, 0.3) is 0 Å². The van der Waals surface area contributed by atoms with Gasteiger partial charge in [-0.3, -0.25) is 0 Å². The minimum absolute atomic E-state index is 0.0407. The smallest absolute Gasteiger partial charge is 0.370 e. The average molecular weight is 308 g/mol. The third kappa shape index (κ3) is 6.83. The Balaban J connectivity index is 2.55. The topological polar surface area (TPSA) is 49.8 Å². The number of alkyl halides is 3. The zero-order chi connectivity index (χ0) is 15.0. The van der Waals surface area contributed by atoms with E-state index < -0.39 is 5.51 Å². The number of thioether (sulfide) groups is 1. The van der Waals surface area contributed by atoms with Crippen molar-refractivity contribution in [2.24, 2.45) is 0 Å². The molecule has 0 unspecified atom stereocenters. The lowest BCUT2D eigenvalue weighted by atomic mass is 10.4. The molecule has 1 heterocycles. The summed E-state index contributed by atoms with van der Waals surface area (Å²) in [5, 5.41) is 6.04. The van der Waals surface area contributed by atoms with Gasteiger partial charge >= 0.3 is 5.51 Å². The van der Waals surface area contributed by atoms with Gasteiger partial charge in [0.2, 0.25) is 0 Å². The fourth-order valence-corrected chi connectivity index (χ4v) is 1.87. The maximum atomic E-state index is 12.0. The van der Waals surface area contributed by atoms with Crippen LogP contribution in [-0.4, -0.2) is 34.3 Å². The average Bonchev–Trinajstić information content (AvgIpc) is 2.40. The van der Waals surface area contributed by atoms with E-state index in [1.807, 2.05) is 13.8 Å². The maximum Gasteiger partial charge on any atom is 0.441 e. The Kier molecular flexibility index (Phi) is 6.90. The van der Waals surface area contributed by atoms with Crippen LogP contribution < -0.4 is 10.6 Å². The number of hydrogen-bond acceptors (Lipinski definition) is 5. The van der Waals surface area contributed by atoms with Gasteiger partial charge in [0.1, 0.15) is 17.5 Å². The van der Waals surface area contributed by atoms with Crippen molar-refractivity contribution in [1.82, 2.24) is 9.97 Å². The van der Waals surface area contributed by atoms with E-state index in [0.717, 1.165) is 13.0 Å². The van der Waals surface area contributed by atoms with E-state index in [2.05, 4.69) is 20.6 Å². The molecule has 2 N–H and O–H groups in total. The molecule has 0 radical (unpaired) electrons. The summed E-state index contributed by atoms with van der Waals surface area (Å²) in [4.78, 5) is 8.55. The third-order valence-corrected chi connectivity index (χ3v) is 3.05. The van der Waals surface area contributed by atoms with E-state index in [-0.39, 0.29) is 24.1 Å². The van der Waals surface area contributed by atoms with Crippen molar-refractivity contribution < 1.29 is 13.2 Å². The highest BCUT2D eigenvalue weighted by Crippen LogP contribution is 2.29. The molecule has 0 fully saturated rings. The first-order valence-corrected chi connectivity index (χ1v) is 7.49. The summed E-state index contributed by atoms with van der Waals surface area (Å²) in [6.07, 6.45) is 1.64. The van der Waals surface area contributed by atoms with Crippen molar-refractivity contribution in [3.63, 3.8) is 0 Å². The monoisotopic (exact) mass is 308 g/mol. The number of rotatable bonds is 8. The van der Waals surface area contributed by atoms with Gasteiger partial charge in [-0.15, -0.1) is 0 Å². The molecule has 1 aromatic rings. The van der Waals surface area contributed by atoms with Crippen molar-refractivity contribution in [3.8, 4) is 0 Å². The van der Waals surface area contributed by atoms with Crippen molar-refractivity contribution in [2.75, 3.05) is 29.5 Å². The summed E-state index contributed by atoms with van der Waals surface area (Å²) in [6.45, 7) is 4.98. The molecule has 114 valence electrons. The molecule has 0 saturated heterocycles.